The number of nitrogens with one attached hydrogen (secondary N) is 2. The van der Waals surface area contributed by atoms with Gasteiger partial charge in [0.05, 0.1) is 0 Å². The smallest absolute Gasteiger partial charge is 0.243 e. The van der Waals surface area contributed by atoms with Gasteiger partial charge in [0, 0.05) is 51.7 Å². The summed E-state index contributed by atoms with van der Waals surface area (Å²) < 4.78 is 0. The third-order valence-corrected chi connectivity index (χ3v) is 5.95. The minimum absolute atomic E-state index is 0. The van der Waals surface area contributed by atoms with E-state index >= 15 is 0 Å². The SMILES string of the molecule is CN(C)C(=O)CN=C(NCCCN(C)c1ccccc1)NCC1CCCS1.I. The largest absolute Gasteiger partial charge is 0.375 e. The van der Waals surface area contributed by atoms with Crippen LogP contribution in [0.4, 0.5) is 5.69 Å². The molecule has 1 aliphatic heterocycles. The zero-order valence-corrected chi connectivity index (χ0v) is 20.3. The number of nitrogens with zero attached hydrogens (tertiary/aromatic N) is 3. The summed E-state index contributed by atoms with van der Waals surface area (Å²) in [4.78, 5) is 20.1. The van der Waals surface area contributed by atoms with Gasteiger partial charge in [-0.3, -0.25) is 4.79 Å². The number of guanidine groups is 1. The first-order valence-corrected chi connectivity index (χ1v) is 10.7. The highest BCUT2D eigenvalue weighted by molar-refractivity contribution is 14.0. The first-order chi connectivity index (χ1) is 13.1. The third-order valence-electron chi connectivity index (χ3n) is 4.55. The van der Waals surface area contributed by atoms with Crippen molar-refractivity contribution in [3.05, 3.63) is 30.3 Å². The number of rotatable bonds is 9. The van der Waals surface area contributed by atoms with Gasteiger partial charge in [0.2, 0.25) is 5.91 Å². The zero-order valence-electron chi connectivity index (χ0n) is 17.2. The van der Waals surface area contributed by atoms with Crippen LogP contribution < -0.4 is 15.5 Å². The summed E-state index contributed by atoms with van der Waals surface area (Å²) in [5, 5.41) is 7.43. The van der Waals surface area contributed by atoms with Gasteiger partial charge in [-0.15, -0.1) is 24.0 Å². The number of likely N-dealkylation sites (N-methyl/N-ethyl adjacent to an activating group) is 1. The van der Waals surface area contributed by atoms with Crippen LogP contribution in [0.15, 0.2) is 35.3 Å². The third kappa shape index (κ3) is 9.36. The van der Waals surface area contributed by atoms with E-state index in [1.807, 2.05) is 17.8 Å². The highest BCUT2D eigenvalue weighted by Gasteiger charge is 2.15. The summed E-state index contributed by atoms with van der Waals surface area (Å²) in [6.45, 7) is 2.84. The van der Waals surface area contributed by atoms with Crippen molar-refractivity contribution in [2.45, 2.75) is 24.5 Å². The van der Waals surface area contributed by atoms with Crippen LogP contribution in [-0.4, -0.2) is 75.1 Å². The standard InChI is InChI=1S/C20H33N5OS.HI/c1-24(2)19(26)16-23-20(22-15-18-11-7-14-27-18)21-12-8-13-25(3)17-9-5-4-6-10-17;/h4-6,9-10,18H,7-8,11-16H2,1-3H3,(H2,21,22,23);1H. The molecule has 2 rings (SSSR count). The molecule has 1 aromatic rings. The number of carbonyl (C=O) groups is 1. The molecule has 0 aliphatic carbocycles. The second-order valence-electron chi connectivity index (χ2n) is 7.01. The van der Waals surface area contributed by atoms with E-state index in [9.17, 15) is 4.79 Å². The number of hydrogen-bond acceptors (Lipinski definition) is 4. The Labute approximate surface area is 190 Å². The maximum absolute atomic E-state index is 11.8. The molecular weight excluding hydrogens is 485 g/mol. The lowest BCUT2D eigenvalue weighted by Gasteiger charge is -2.20. The van der Waals surface area contributed by atoms with Gasteiger partial charge in [-0.2, -0.15) is 11.8 Å². The molecule has 1 atom stereocenters. The molecule has 1 heterocycles. The van der Waals surface area contributed by atoms with Gasteiger partial charge in [0.15, 0.2) is 5.96 Å². The number of anilines is 1. The van der Waals surface area contributed by atoms with Crippen molar-refractivity contribution in [3.63, 3.8) is 0 Å². The number of carbonyl (C=O) groups excluding carboxylic acids is 1. The number of benzene rings is 1. The van der Waals surface area contributed by atoms with E-state index < -0.39 is 0 Å². The van der Waals surface area contributed by atoms with Crippen LogP contribution in [0.1, 0.15) is 19.3 Å². The maximum Gasteiger partial charge on any atom is 0.243 e. The Balaban J connectivity index is 0.00000392. The van der Waals surface area contributed by atoms with Crippen LogP contribution in [0.5, 0.6) is 0 Å². The van der Waals surface area contributed by atoms with Gasteiger partial charge in [-0.25, -0.2) is 4.99 Å². The van der Waals surface area contributed by atoms with Crippen molar-refractivity contribution >= 4 is 53.3 Å². The number of aliphatic imine (C=N–C) groups is 1. The molecule has 1 amide bonds. The van der Waals surface area contributed by atoms with E-state index in [1.165, 1.54) is 24.3 Å². The maximum atomic E-state index is 11.8. The monoisotopic (exact) mass is 519 g/mol. The van der Waals surface area contributed by atoms with E-state index in [0.29, 0.717) is 5.25 Å². The van der Waals surface area contributed by atoms with Gasteiger partial charge < -0.3 is 20.4 Å². The van der Waals surface area contributed by atoms with Crippen molar-refractivity contribution in [2.24, 2.45) is 4.99 Å². The van der Waals surface area contributed by atoms with Gasteiger partial charge in [-0.1, -0.05) is 18.2 Å². The molecular formula is C20H34IN5OS. The van der Waals surface area contributed by atoms with Crippen molar-refractivity contribution in [1.82, 2.24) is 15.5 Å². The van der Waals surface area contributed by atoms with E-state index in [0.717, 1.165) is 32.0 Å². The van der Waals surface area contributed by atoms with Gasteiger partial charge in [0.25, 0.3) is 0 Å². The Bertz CT molecular complexity index is 594. The normalized spacial score (nSPS) is 16.2. The number of halogens is 1. The molecule has 2 N–H and O–H groups in total. The average Bonchev–Trinajstić information content (AvgIpc) is 3.20. The van der Waals surface area contributed by atoms with Crippen LogP contribution in [0.25, 0.3) is 0 Å². The predicted octanol–water partition coefficient (Wildman–Crippen LogP) is 2.65. The highest BCUT2D eigenvalue weighted by atomic mass is 127. The predicted molar refractivity (Wildman–Crippen MR) is 132 cm³/mol. The molecule has 8 heteroatoms. The van der Waals surface area contributed by atoms with Crippen molar-refractivity contribution < 1.29 is 4.79 Å². The summed E-state index contributed by atoms with van der Waals surface area (Å²) in [6, 6.07) is 10.4. The fourth-order valence-corrected chi connectivity index (χ4v) is 4.01. The molecule has 0 spiro atoms. The lowest BCUT2D eigenvalue weighted by atomic mass is 10.2. The van der Waals surface area contributed by atoms with E-state index in [4.69, 9.17) is 0 Å². The zero-order chi connectivity index (χ0) is 19.5. The molecule has 1 unspecified atom stereocenters. The van der Waals surface area contributed by atoms with E-state index in [-0.39, 0.29) is 36.4 Å². The first kappa shape index (κ1) is 24.9. The van der Waals surface area contributed by atoms with Gasteiger partial charge in [0.1, 0.15) is 6.54 Å². The average molecular weight is 519 g/mol. The quantitative estimate of drug-likeness (QED) is 0.228. The number of para-hydroxylation sites is 1. The Morgan fingerprint density at radius 1 is 1.21 bits per heavy atom. The van der Waals surface area contributed by atoms with Crippen LogP contribution in [-0.2, 0) is 4.79 Å². The molecule has 6 nitrogen and oxygen atoms in total. The number of thioether (sulfide) groups is 1. The van der Waals surface area contributed by atoms with Crippen molar-refractivity contribution in [2.75, 3.05) is 58.0 Å². The Hall–Kier alpha value is -1.16. The molecule has 0 radical (unpaired) electrons. The summed E-state index contributed by atoms with van der Waals surface area (Å²) in [5.41, 5.74) is 1.22. The summed E-state index contributed by atoms with van der Waals surface area (Å²) in [6.07, 6.45) is 3.54. The number of hydrogen-bond donors (Lipinski definition) is 2. The lowest BCUT2D eigenvalue weighted by Crippen LogP contribution is -2.42. The van der Waals surface area contributed by atoms with Crippen LogP contribution in [0.3, 0.4) is 0 Å². The molecule has 1 aliphatic rings. The van der Waals surface area contributed by atoms with E-state index in [2.05, 4.69) is 51.8 Å². The molecule has 28 heavy (non-hydrogen) atoms. The highest BCUT2D eigenvalue weighted by Crippen LogP contribution is 2.25. The second-order valence-corrected chi connectivity index (χ2v) is 8.41. The fourth-order valence-electron chi connectivity index (χ4n) is 2.81. The molecule has 1 aromatic carbocycles. The van der Waals surface area contributed by atoms with Crippen molar-refractivity contribution in [3.8, 4) is 0 Å². The van der Waals surface area contributed by atoms with Gasteiger partial charge in [-0.05, 0) is 37.1 Å². The molecule has 1 saturated heterocycles. The Morgan fingerprint density at radius 2 is 1.96 bits per heavy atom. The molecule has 0 aromatic heterocycles. The van der Waals surface area contributed by atoms with Crippen LogP contribution in [0.2, 0.25) is 0 Å². The number of amides is 1. The van der Waals surface area contributed by atoms with Gasteiger partial charge >= 0.3 is 0 Å². The minimum atomic E-state index is 0. The molecule has 158 valence electrons. The minimum Gasteiger partial charge on any atom is -0.375 e. The summed E-state index contributed by atoms with van der Waals surface area (Å²) in [5.74, 6) is 1.99. The first-order valence-electron chi connectivity index (χ1n) is 9.66. The van der Waals surface area contributed by atoms with Crippen LogP contribution >= 0.6 is 35.7 Å². The Morgan fingerprint density at radius 3 is 2.61 bits per heavy atom. The Kier molecular flexibility index (Phi) is 12.4. The summed E-state index contributed by atoms with van der Waals surface area (Å²) in [7, 11) is 5.62. The second kappa shape index (κ2) is 13.9. The molecule has 0 bridgehead atoms. The van der Waals surface area contributed by atoms with Crippen LogP contribution in [0, 0.1) is 0 Å². The van der Waals surface area contributed by atoms with E-state index in [1.54, 1.807) is 19.0 Å². The summed E-state index contributed by atoms with van der Waals surface area (Å²) >= 11 is 2.02. The molecule has 1 fully saturated rings. The topological polar surface area (TPSA) is 60.0 Å². The lowest BCUT2D eigenvalue weighted by molar-refractivity contribution is -0.127. The molecule has 0 saturated carbocycles. The fraction of sp³-hybridized carbons (Fsp3) is 0.600. The van der Waals surface area contributed by atoms with Crippen molar-refractivity contribution in [1.29, 1.82) is 0 Å².